The number of hydrogen-bond donors (Lipinski definition) is 1. The molecule has 0 radical (unpaired) electrons. The number of likely N-dealkylation sites (tertiary alicyclic amines) is 1. The van der Waals surface area contributed by atoms with Gasteiger partial charge in [-0.15, -0.1) is 35.0 Å². The minimum Gasteiger partial charge on any atom is -0.326 e. The number of aromatic nitrogens is 5. The van der Waals surface area contributed by atoms with Gasteiger partial charge >= 0.3 is 6.18 Å². The van der Waals surface area contributed by atoms with Crippen LogP contribution in [0.2, 0.25) is 0 Å². The molecule has 8 rings (SSSR count). The number of alkyl halides is 3. The summed E-state index contributed by atoms with van der Waals surface area (Å²) in [6, 6.07) is 14.0. The summed E-state index contributed by atoms with van der Waals surface area (Å²) in [6.45, 7) is 2.38. The van der Waals surface area contributed by atoms with Crippen LogP contribution in [-0.4, -0.2) is 54.8 Å². The molecule has 258 valence electrons. The number of nitrogens with zero attached hydrogens (tertiary/aromatic N) is 6. The molecular weight excluding hydrogens is 752 g/mol. The maximum atomic E-state index is 14.1. The van der Waals surface area contributed by atoms with Crippen LogP contribution in [0.15, 0.2) is 71.3 Å². The van der Waals surface area contributed by atoms with Crippen LogP contribution >= 0.6 is 40.7 Å². The van der Waals surface area contributed by atoms with Crippen molar-refractivity contribution in [1.82, 2.24) is 29.5 Å². The quantitative estimate of drug-likeness (QED) is 0.180. The van der Waals surface area contributed by atoms with Gasteiger partial charge in [0.15, 0.2) is 11.5 Å². The lowest BCUT2D eigenvalue weighted by molar-refractivity contribution is -0.183. The van der Waals surface area contributed by atoms with Crippen molar-refractivity contribution < 1.29 is 22.0 Å². The Bertz CT molecular complexity index is 2140. The van der Waals surface area contributed by atoms with Gasteiger partial charge in [0.1, 0.15) is 23.4 Å². The number of fused-ring (bicyclic) bond motifs is 3. The lowest BCUT2D eigenvalue weighted by Crippen LogP contribution is -2.38. The van der Waals surface area contributed by atoms with Gasteiger partial charge in [-0.05, 0) is 102 Å². The molecule has 0 bridgehead atoms. The highest BCUT2D eigenvalue weighted by molar-refractivity contribution is 9.10. The highest BCUT2D eigenvalue weighted by atomic mass is 79.9. The topological polar surface area (TPSA) is 85.2 Å². The Hall–Kier alpha value is -3.49. The van der Waals surface area contributed by atoms with Crippen molar-refractivity contribution in [2.45, 2.75) is 50.4 Å². The van der Waals surface area contributed by atoms with Gasteiger partial charge in [0.2, 0.25) is 0 Å². The van der Waals surface area contributed by atoms with Gasteiger partial charge in [0.25, 0.3) is 0 Å². The van der Waals surface area contributed by atoms with Crippen LogP contribution in [-0.2, 0) is 0 Å². The molecule has 2 atom stereocenters. The first-order valence-corrected chi connectivity index (χ1v) is 16.0. The van der Waals surface area contributed by atoms with Gasteiger partial charge in [0.05, 0.1) is 11.0 Å². The summed E-state index contributed by atoms with van der Waals surface area (Å²) in [5.74, 6) is 0.0670. The molecule has 6 aromatic rings. The minimum atomic E-state index is -4.46. The number of rotatable bonds is 4. The summed E-state index contributed by atoms with van der Waals surface area (Å²) < 4.78 is 71.6. The largest absolute Gasteiger partial charge is 0.408 e. The van der Waals surface area contributed by atoms with Crippen LogP contribution < -0.4 is 5.73 Å². The Kier molecular flexibility index (Phi) is 10.8. The van der Waals surface area contributed by atoms with Gasteiger partial charge in [-0.3, -0.25) is 14.3 Å². The summed E-state index contributed by atoms with van der Waals surface area (Å²) in [5, 5.41) is 9.84. The van der Waals surface area contributed by atoms with Crippen LogP contribution in [0.4, 0.5) is 22.0 Å². The van der Waals surface area contributed by atoms with Gasteiger partial charge in [-0.2, -0.15) is 13.2 Å². The number of benzene rings is 2. The number of pyridine rings is 3. The van der Waals surface area contributed by atoms with E-state index in [9.17, 15) is 22.0 Å². The molecule has 49 heavy (non-hydrogen) atoms. The number of aryl methyl sites for hydroxylation is 1. The molecule has 4 aromatic heterocycles. The van der Waals surface area contributed by atoms with E-state index in [1.165, 1.54) is 47.5 Å². The summed E-state index contributed by atoms with van der Waals surface area (Å²) in [4.78, 5) is 10.4. The average Bonchev–Trinajstić information content (AvgIpc) is 3.65. The SMILES string of the molecule is Cc1ccc2cc(F)cc(Br)c2n1.Cl.Cl.N[C@H]1CCN([C@H](c2ccc3nnc(-c4ccc5cc(F)cc(C6CC6)c5n4)n3c2)C(F)(F)F)C1. The molecule has 2 aliphatic rings. The first kappa shape index (κ1) is 36.8. The minimum absolute atomic E-state index is 0. The van der Waals surface area contributed by atoms with E-state index in [-0.39, 0.29) is 67.1 Å². The zero-order valence-electron chi connectivity index (χ0n) is 26.0. The number of hydrogen-bond acceptors (Lipinski definition) is 6. The number of halogens is 8. The summed E-state index contributed by atoms with van der Waals surface area (Å²) >= 11 is 3.28. The summed E-state index contributed by atoms with van der Waals surface area (Å²) in [7, 11) is 0. The van der Waals surface area contributed by atoms with E-state index in [1.807, 2.05) is 19.1 Å². The van der Waals surface area contributed by atoms with E-state index in [0.717, 1.165) is 35.0 Å². The highest BCUT2D eigenvalue weighted by Gasteiger charge is 2.46. The summed E-state index contributed by atoms with van der Waals surface area (Å²) in [6.07, 6.45) is -0.527. The Morgan fingerprint density at radius 3 is 2.22 bits per heavy atom. The standard InChI is InChI=1S/C24H22F4N6.C10H7BrFN.2ClH/c25-16-9-14-3-5-19(30-21(14)18(10-16)13-1-2-13)23-32-31-20-6-4-15(11-34(20)23)22(24(26,27)28)33-8-7-17(29)12-33;1-6-2-3-7-4-8(12)5-9(11)10(7)13-6;;/h3-6,9-11,13,17,22H,1-2,7-8,12,29H2;2-5H,1H3;2*1H/t17-,22+;;;/m0.../s1. The van der Waals surface area contributed by atoms with Gasteiger partial charge in [0, 0.05) is 46.3 Å². The van der Waals surface area contributed by atoms with Crippen LogP contribution in [0.3, 0.4) is 0 Å². The Balaban J connectivity index is 0.000000264. The fourth-order valence-electron chi connectivity index (χ4n) is 6.21. The molecule has 0 unspecified atom stereocenters. The van der Waals surface area contributed by atoms with E-state index in [1.54, 1.807) is 16.5 Å². The normalized spacial score (nSPS) is 17.0. The molecular formula is C34H31BrCl2F5N7. The fourth-order valence-corrected chi connectivity index (χ4v) is 6.75. The van der Waals surface area contributed by atoms with Gasteiger partial charge in [-0.1, -0.05) is 18.2 Å². The second-order valence-electron chi connectivity index (χ2n) is 12.2. The van der Waals surface area contributed by atoms with Gasteiger partial charge < -0.3 is 5.73 Å². The average molecular weight is 783 g/mol. The highest BCUT2D eigenvalue weighted by Crippen LogP contribution is 2.43. The number of nitrogens with two attached hydrogens (primary N) is 1. The lowest BCUT2D eigenvalue weighted by atomic mass is 10.0. The van der Waals surface area contributed by atoms with Crippen molar-refractivity contribution in [3.8, 4) is 11.5 Å². The van der Waals surface area contributed by atoms with Crippen molar-refractivity contribution in [3.05, 3.63) is 99.8 Å². The molecule has 1 aliphatic carbocycles. The molecule has 1 saturated carbocycles. The van der Waals surface area contributed by atoms with E-state index in [2.05, 4.69) is 31.1 Å². The predicted molar refractivity (Wildman–Crippen MR) is 187 cm³/mol. The monoisotopic (exact) mass is 781 g/mol. The molecule has 2 fully saturated rings. The molecule has 1 saturated heterocycles. The first-order valence-electron chi connectivity index (χ1n) is 15.2. The van der Waals surface area contributed by atoms with Crippen molar-refractivity contribution >= 4 is 68.2 Å². The van der Waals surface area contributed by atoms with Crippen molar-refractivity contribution in [1.29, 1.82) is 0 Å². The zero-order chi connectivity index (χ0) is 33.0. The molecule has 2 N–H and O–H groups in total. The van der Waals surface area contributed by atoms with Crippen molar-refractivity contribution in [2.75, 3.05) is 13.1 Å². The summed E-state index contributed by atoms with van der Waals surface area (Å²) in [5.41, 5.74) is 10.1. The van der Waals surface area contributed by atoms with Crippen molar-refractivity contribution in [3.63, 3.8) is 0 Å². The Morgan fingerprint density at radius 1 is 0.857 bits per heavy atom. The van der Waals surface area contributed by atoms with Gasteiger partial charge in [-0.25, -0.2) is 13.8 Å². The zero-order valence-corrected chi connectivity index (χ0v) is 29.2. The van der Waals surface area contributed by atoms with E-state index in [0.29, 0.717) is 39.0 Å². The molecule has 7 nitrogen and oxygen atoms in total. The Labute approximate surface area is 299 Å². The molecule has 5 heterocycles. The molecule has 0 amide bonds. The molecule has 1 aliphatic heterocycles. The van der Waals surface area contributed by atoms with Crippen LogP contribution in [0, 0.1) is 18.6 Å². The van der Waals surface area contributed by atoms with E-state index >= 15 is 0 Å². The van der Waals surface area contributed by atoms with Crippen LogP contribution in [0.25, 0.3) is 39.0 Å². The van der Waals surface area contributed by atoms with Crippen LogP contribution in [0.5, 0.6) is 0 Å². The third-order valence-electron chi connectivity index (χ3n) is 8.56. The molecule has 15 heteroatoms. The third-order valence-corrected chi connectivity index (χ3v) is 9.16. The smallest absolute Gasteiger partial charge is 0.326 e. The lowest BCUT2D eigenvalue weighted by Gasteiger charge is -2.30. The second kappa shape index (κ2) is 14.4. The molecule has 0 spiro atoms. The van der Waals surface area contributed by atoms with Crippen molar-refractivity contribution in [2.24, 2.45) is 5.73 Å². The molecule has 2 aromatic carbocycles. The Morgan fingerprint density at radius 2 is 1.55 bits per heavy atom. The maximum absolute atomic E-state index is 14.1. The maximum Gasteiger partial charge on any atom is 0.408 e. The second-order valence-corrected chi connectivity index (χ2v) is 13.0. The van der Waals surface area contributed by atoms with E-state index in [4.69, 9.17) is 10.7 Å². The van der Waals surface area contributed by atoms with Crippen LogP contribution in [0.1, 0.15) is 48.0 Å². The first-order chi connectivity index (χ1) is 22.4. The fraction of sp³-hybridized carbons (Fsp3) is 0.294. The third kappa shape index (κ3) is 7.65. The predicted octanol–water partition coefficient (Wildman–Crippen LogP) is 8.89. The van der Waals surface area contributed by atoms with E-state index < -0.39 is 12.2 Å².